The number of rotatable bonds is 13. The lowest BCUT2D eigenvalue weighted by Crippen LogP contribution is -2.37. The van der Waals surface area contributed by atoms with Crippen LogP contribution in [0.4, 0.5) is 11.4 Å². The number of amidine groups is 1. The van der Waals surface area contributed by atoms with Crippen molar-refractivity contribution in [2.75, 3.05) is 23.4 Å². The number of anilines is 2. The molecule has 2 amide bonds. The lowest BCUT2D eigenvalue weighted by Gasteiger charge is -2.31. The predicted molar refractivity (Wildman–Crippen MR) is 207 cm³/mol. The minimum absolute atomic E-state index is 0.0338. The van der Waals surface area contributed by atoms with Gasteiger partial charge in [-0.3, -0.25) is 9.59 Å². The van der Waals surface area contributed by atoms with Gasteiger partial charge in [-0.2, -0.15) is 14.8 Å². The minimum atomic E-state index is -0.686. The molecule has 1 saturated heterocycles. The number of likely N-dealkylation sites (tertiary alicyclic amines) is 1. The number of nitrogens with one attached hydrogen (secondary N) is 1. The van der Waals surface area contributed by atoms with Crippen molar-refractivity contribution in [3.05, 3.63) is 83.9 Å². The second-order valence-electron chi connectivity index (χ2n) is 14.7. The van der Waals surface area contributed by atoms with Gasteiger partial charge < -0.3 is 15.0 Å². The number of ether oxygens (including phenoxy) is 1. The largest absolute Gasteiger partial charge is 0.480 e. The summed E-state index contributed by atoms with van der Waals surface area (Å²) in [4.78, 5) is 29.8. The molecule has 2 atom stereocenters. The molecule has 11 nitrogen and oxygen atoms in total. The fourth-order valence-corrected chi connectivity index (χ4v) is 7.38. The van der Waals surface area contributed by atoms with Crippen LogP contribution in [0.15, 0.2) is 83.1 Å². The second kappa shape index (κ2) is 15.5. The number of hydrogen-bond acceptors (Lipinski definition) is 9. The van der Waals surface area contributed by atoms with E-state index in [2.05, 4.69) is 79.4 Å². The molecule has 1 fully saturated rings. The fourth-order valence-electron chi connectivity index (χ4n) is 6.34. The van der Waals surface area contributed by atoms with E-state index in [-0.39, 0.29) is 22.6 Å². The molecule has 274 valence electrons. The van der Waals surface area contributed by atoms with Crippen molar-refractivity contribution >= 4 is 40.8 Å². The molecule has 0 saturated carbocycles. The number of aromatic nitrogens is 4. The van der Waals surface area contributed by atoms with E-state index in [4.69, 9.17) is 9.84 Å². The second-order valence-corrected chi connectivity index (χ2v) is 15.8. The molecule has 0 radical (unpaired) electrons. The highest BCUT2D eigenvalue weighted by Gasteiger charge is 2.42. The number of carbonyl (C=O) groups excluding carboxylic acids is 2. The maximum atomic E-state index is 14.0. The zero-order valence-corrected chi connectivity index (χ0v) is 32.1. The SMILES string of the molecule is CC[C@@H](Oc1ccc(C(C)(C)CC)cc1C(C)(C)CC)C(=O)Nc1ccc(N2N=C(N3CCCC3)[C@@H](Sc3nnnn3-c3ccccc3)C2=O)cc1. The summed E-state index contributed by atoms with van der Waals surface area (Å²) in [6.45, 7) is 17.0. The third kappa shape index (κ3) is 7.72. The van der Waals surface area contributed by atoms with E-state index in [0.717, 1.165) is 55.8 Å². The van der Waals surface area contributed by atoms with Crippen LogP contribution < -0.4 is 15.1 Å². The number of hydrogen-bond donors (Lipinski definition) is 1. The number of thioether (sulfide) groups is 1. The molecule has 1 N–H and O–H groups in total. The first-order valence-corrected chi connectivity index (χ1v) is 19.2. The van der Waals surface area contributed by atoms with Gasteiger partial charge in [-0.25, -0.2) is 0 Å². The quantitative estimate of drug-likeness (QED) is 0.149. The number of amides is 2. The number of benzene rings is 3. The smallest absolute Gasteiger partial charge is 0.268 e. The Morgan fingerprint density at radius 2 is 1.62 bits per heavy atom. The van der Waals surface area contributed by atoms with Crippen molar-refractivity contribution in [2.24, 2.45) is 5.10 Å². The maximum absolute atomic E-state index is 14.0. The average molecular weight is 723 g/mol. The van der Waals surface area contributed by atoms with Crippen molar-refractivity contribution in [3.8, 4) is 11.4 Å². The minimum Gasteiger partial charge on any atom is -0.480 e. The molecule has 3 heterocycles. The normalized spacial score (nSPS) is 17.0. The highest BCUT2D eigenvalue weighted by atomic mass is 32.2. The van der Waals surface area contributed by atoms with Crippen LogP contribution in [-0.2, 0) is 20.4 Å². The zero-order chi connectivity index (χ0) is 37.0. The predicted octanol–water partition coefficient (Wildman–Crippen LogP) is 7.75. The Bertz CT molecular complexity index is 1900. The number of hydrazone groups is 1. The lowest BCUT2D eigenvalue weighted by molar-refractivity contribution is -0.123. The summed E-state index contributed by atoms with van der Waals surface area (Å²) >= 11 is 1.30. The third-order valence-electron chi connectivity index (χ3n) is 10.5. The highest BCUT2D eigenvalue weighted by Crippen LogP contribution is 2.39. The standard InChI is InChI=1S/C40H50N8O3S/c1-8-32(51-33-23-18-27(39(4,5)9-2)26-31(33)40(6,7)10-3)36(49)41-28-19-21-30(22-20-28)47-37(50)34(35(43-47)46-24-14-15-25-46)52-38-42-44-45-48(38)29-16-12-11-13-17-29/h11-13,16-23,26,32,34H,8-10,14-15,24-25H2,1-7H3,(H,41,49)/t32-,34-/m1/s1. The first kappa shape index (κ1) is 37.1. The van der Waals surface area contributed by atoms with Gasteiger partial charge in [-0.05, 0) is 101 Å². The molecule has 1 aromatic heterocycles. The van der Waals surface area contributed by atoms with E-state index in [0.29, 0.717) is 28.8 Å². The van der Waals surface area contributed by atoms with Crippen molar-refractivity contribution in [1.82, 2.24) is 25.1 Å². The van der Waals surface area contributed by atoms with E-state index in [1.165, 1.54) is 22.3 Å². The summed E-state index contributed by atoms with van der Waals surface area (Å²) in [7, 11) is 0. The molecule has 3 aromatic carbocycles. The Kier molecular flexibility index (Phi) is 11.0. The van der Waals surface area contributed by atoms with Gasteiger partial charge in [0.2, 0.25) is 5.16 Å². The van der Waals surface area contributed by atoms with Crippen LogP contribution in [0.5, 0.6) is 5.75 Å². The van der Waals surface area contributed by atoms with Crippen LogP contribution >= 0.6 is 11.8 Å². The average Bonchev–Trinajstić information content (AvgIpc) is 3.93. The van der Waals surface area contributed by atoms with Gasteiger partial charge in [0.1, 0.15) is 11.6 Å². The number of tetrazole rings is 1. The Morgan fingerprint density at radius 1 is 0.923 bits per heavy atom. The molecule has 52 heavy (non-hydrogen) atoms. The fraction of sp³-hybridized carbons (Fsp3) is 0.450. The topological polar surface area (TPSA) is 118 Å². The number of carbonyl (C=O) groups is 2. The molecule has 2 aliphatic rings. The van der Waals surface area contributed by atoms with Gasteiger partial charge in [0.05, 0.1) is 11.4 Å². The Labute approximate surface area is 311 Å². The molecule has 0 spiro atoms. The summed E-state index contributed by atoms with van der Waals surface area (Å²) in [6.07, 6.45) is 3.86. The molecule has 2 aliphatic heterocycles. The van der Waals surface area contributed by atoms with Crippen LogP contribution in [0.3, 0.4) is 0 Å². The van der Waals surface area contributed by atoms with Crippen LogP contribution in [-0.4, -0.2) is 67.2 Å². The molecular formula is C40H50N8O3S. The van der Waals surface area contributed by atoms with Gasteiger partial charge in [0.25, 0.3) is 11.8 Å². The van der Waals surface area contributed by atoms with Crippen molar-refractivity contribution in [3.63, 3.8) is 0 Å². The number of nitrogens with zero attached hydrogens (tertiary/aromatic N) is 7. The van der Waals surface area contributed by atoms with E-state index >= 15 is 0 Å². The molecule has 4 aromatic rings. The van der Waals surface area contributed by atoms with Crippen LogP contribution in [0.1, 0.15) is 91.7 Å². The summed E-state index contributed by atoms with van der Waals surface area (Å²) < 4.78 is 8.12. The maximum Gasteiger partial charge on any atom is 0.268 e. The third-order valence-corrected chi connectivity index (χ3v) is 11.6. The summed E-state index contributed by atoms with van der Waals surface area (Å²) in [6, 6.07) is 23.2. The summed E-state index contributed by atoms with van der Waals surface area (Å²) in [5.74, 6) is 1.04. The van der Waals surface area contributed by atoms with Crippen LogP contribution in [0.2, 0.25) is 0 Å². The van der Waals surface area contributed by atoms with Crippen molar-refractivity contribution in [2.45, 2.75) is 108 Å². The molecule has 12 heteroatoms. The van der Waals surface area contributed by atoms with Crippen molar-refractivity contribution < 1.29 is 14.3 Å². The molecule has 0 aliphatic carbocycles. The van der Waals surface area contributed by atoms with Crippen LogP contribution in [0, 0.1) is 0 Å². The van der Waals surface area contributed by atoms with Gasteiger partial charge >= 0.3 is 0 Å². The van der Waals surface area contributed by atoms with E-state index in [1.807, 2.05) is 43.3 Å². The molecule has 6 rings (SSSR count). The van der Waals surface area contributed by atoms with Gasteiger partial charge in [0, 0.05) is 24.3 Å². The van der Waals surface area contributed by atoms with Gasteiger partial charge in [-0.1, -0.05) is 90.6 Å². The highest BCUT2D eigenvalue weighted by molar-refractivity contribution is 8.01. The Hall–Kier alpha value is -4.71. The number of para-hydroxylation sites is 1. The lowest BCUT2D eigenvalue weighted by atomic mass is 9.76. The van der Waals surface area contributed by atoms with Crippen LogP contribution in [0.25, 0.3) is 5.69 Å². The molecule has 0 unspecified atom stereocenters. The van der Waals surface area contributed by atoms with E-state index < -0.39 is 11.4 Å². The van der Waals surface area contributed by atoms with E-state index in [1.54, 1.807) is 28.9 Å². The zero-order valence-electron chi connectivity index (χ0n) is 31.3. The van der Waals surface area contributed by atoms with Gasteiger partial charge in [0.15, 0.2) is 11.4 Å². The Balaban J connectivity index is 1.18. The monoisotopic (exact) mass is 722 g/mol. The van der Waals surface area contributed by atoms with E-state index in [9.17, 15) is 9.59 Å². The molecular weight excluding hydrogens is 673 g/mol. The van der Waals surface area contributed by atoms with Gasteiger partial charge in [-0.15, -0.1) is 5.10 Å². The Morgan fingerprint density at radius 3 is 2.27 bits per heavy atom. The first-order chi connectivity index (χ1) is 25.0. The molecule has 0 bridgehead atoms. The first-order valence-electron chi connectivity index (χ1n) is 18.4. The van der Waals surface area contributed by atoms with Crippen molar-refractivity contribution in [1.29, 1.82) is 0 Å². The summed E-state index contributed by atoms with van der Waals surface area (Å²) in [5.41, 5.74) is 4.31. The summed E-state index contributed by atoms with van der Waals surface area (Å²) in [5, 5.41) is 21.5.